The number of aryl methyl sites for hydroxylation is 2. The molecule has 0 spiro atoms. The van der Waals surface area contributed by atoms with Gasteiger partial charge in [-0.05, 0) is 26.0 Å². The van der Waals surface area contributed by atoms with E-state index in [1.54, 1.807) is 6.20 Å². The highest BCUT2D eigenvalue weighted by molar-refractivity contribution is 6.07. The minimum Gasteiger partial charge on any atom is -0.368 e. The summed E-state index contributed by atoms with van der Waals surface area (Å²) in [5.74, 6) is 0.757. The molecular formula is C20H22N4O2. The van der Waals surface area contributed by atoms with Gasteiger partial charge in [0.15, 0.2) is 0 Å². The number of hydrogen-bond donors (Lipinski definition) is 0. The number of aromatic nitrogens is 3. The van der Waals surface area contributed by atoms with Gasteiger partial charge in [-0.15, -0.1) is 0 Å². The third-order valence-electron chi connectivity index (χ3n) is 4.84. The first-order valence-electron chi connectivity index (χ1n) is 8.95. The molecule has 0 N–H and O–H groups in total. The van der Waals surface area contributed by atoms with Gasteiger partial charge < -0.3 is 14.2 Å². The Bertz CT molecular complexity index is 950. The van der Waals surface area contributed by atoms with E-state index in [0.717, 1.165) is 28.7 Å². The van der Waals surface area contributed by atoms with Crippen LogP contribution < -0.4 is 0 Å². The Balaban J connectivity index is 1.62. The first kappa shape index (κ1) is 16.7. The smallest absolute Gasteiger partial charge is 0.256 e. The van der Waals surface area contributed by atoms with Gasteiger partial charge in [-0.1, -0.05) is 18.2 Å². The largest absolute Gasteiger partial charge is 0.368 e. The summed E-state index contributed by atoms with van der Waals surface area (Å²) in [6, 6.07) is 9.91. The second-order valence-corrected chi connectivity index (χ2v) is 6.49. The number of fused-ring (bicyclic) bond motifs is 1. The molecule has 3 heterocycles. The molecule has 1 aliphatic rings. The Labute approximate surface area is 152 Å². The minimum absolute atomic E-state index is 0.0486. The van der Waals surface area contributed by atoms with Crippen molar-refractivity contribution in [1.82, 2.24) is 19.4 Å². The van der Waals surface area contributed by atoms with E-state index in [0.29, 0.717) is 25.5 Å². The standard InChI is InChI=1S/C20H22N4O2/c1-3-23-12-16(15-6-4-5-7-18(15)23)20(25)24-10-11-26-19(13-24)17-8-9-21-14(2)22-17/h4-9,12,19H,3,10-11,13H2,1-2H3. The second kappa shape index (κ2) is 6.88. The van der Waals surface area contributed by atoms with Crippen LogP contribution in [0.3, 0.4) is 0 Å². The normalized spacial score (nSPS) is 17.6. The minimum atomic E-state index is -0.214. The quantitative estimate of drug-likeness (QED) is 0.729. The Morgan fingerprint density at radius 3 is 2.96 bits per heavy atom. The van der Waals surface area contributed by atoms with Crippen LogP contribution in [0.5, 0.6) is 0 Å². The Hall–Kier alpha value is -2.73. The molecule has 2 aromatic heterocycles. The summed E-state index contributed by atoms with van der Waals surface area (Å²) < 4.78 is 7.98. The number of amides is 1. The van der Waals surface area contributed by atoms with Crippen LogP contribution in [0.25, 0.3) is 10.9 Å². The molecule has 3 aromatic rings. The van der Waals surface area contributed by atoms with E-state index in [-0.39, 0.29) is 12.0 Å². The molecule has 26 heavy (non-hydrogen) atoms. The molecule has 6 nitrogen and oxygen atoms in total. The molecule has 0 radical (unpaired) electrons. The molecule has 1 aliphatic heterocycles. The monoisotopic (exact) mass is 350 g/mol. The summed E-state index contributed by atoms with van der Waals surface area (Å²) in [7, 11) is 0. The highest BCUT2D eigenvalue weighted by atomic mass is 16.5. The Morgan fingerprint density at radius 1 is 1.31 bits per heavy atom. The van der Waals surface area contributed by atoms with Crippen LogP contribution >= 0.6 is 0 Å². The molecular weight excluding hydrogens is 328 g/mol. The number of morpholine rings is 1. The van der Waals surface area contributed by atoms with Crippen molar-refractivity contribution >= 4 is 16.8 Å². The van der Waals surface area contributed by atoms with Gasteiger partial charge in [0.2, 0.25) is 0 Å². The summed E-state index contributed by atoms with van der Waals surface area (Å²) in [6.07, 6.45) is 3.48. The van der Waals surface area contributed by atoms with Crippen LogP contribution in [0.2, 0.25) is 0 Å². The van der Waals surface area contributed by atoms with E-state index in [1.165, 1.54) is 0 Å². The fourth-order valence-electron chi connectivity index (χ4n) is 3.52. The van der Waals surface area contributed by atoms with Crippen molar-refractivity contribution in [1.29, 1.82) is 0 Å². The van der Waals surface area contributed by atoms with Crippen molar-refractivity contribution < 1.29 is 9.53 Å². The number of rotatable bonds is 3. The molecule has 1 amide bonds. The first-order valence-corrected chi connectivity index (χ1v) is 8.95. The Kier molecular flexibility index (Phi) is 4.42. The molecule has 1 atom stereocenters. The zero-order chi connectivity index (χ0) is 18.1. The lowest BCUT2D eigenvalue weighted by Gasteiger charge is -2.32. The predicted molar refractivity (Wildman–Crippen MR) is 99.0 cm³/mol. The average Bonchev–Trinajstić information content (AvgIpc) is 3.06. The van der Waals surface area contributed by atoms with Crippen molar-refractivity contribution in [3.05, 3.63) is 59.8 Å². The van der Waals surface area contributed by atoms with Crippen LogP contribution in [0, 0.1) is 6.92 Å². The molecule has 1 unspecified atom stereocenters. The lowest BCUT2D eigenvalue weighted by molar-refractivity contribution is -0.0247. The van der Waals surface area contributed by atoms with Crippen molar-refractivity contribution in [3.63, 3.8) is 0 Å². The fourth-order valence-corrected chi connectivity index (χ4v) is 3.52. The average molecular weight is 350 g/mol. The molecule has 4 rings (SSSR count). The number of benzene rings is 1. The zero-order valence-corrected chi connectivity index (χ0v) is 15.1. The third kappa shape index (κ3) is 2.97. The molecule has 1 saturated heterocycles. The number of ether oxygens (including phenoxy) is 1. The number of carbonyl (C=O) groups is 1. The maximum Gasteiger partial charge on any atom is 0.256 e. The van der Waals surface area contributed by atoms with Gasteiger partial charge in [0.25, 0.3) is 5.91 Å². The van der Waals surface area contributed by atoms with E-state index in [9.17, 15) is 4.79 Å². The van der Waals surface area contributed by atoms with E-state index < -0.39 is 0 Å². The lowest BCUT2D eigenvalue weighted by Crippen LogP contribution is -2.42. The van der Waals surface area contributed by atoms with E-state index in [2.05, 4.69) is 27.5 Å². The highest BCUT2D eigenvalue weighted by Gasteiger charge is 2.28. The Morgan fingerprint density at radius 2 is 2.15 bits per heavy atom. The van der Waals surface area contributed by atoms with Gasteiger partial charge in [-0.2, -0.15) is 0 Å². The second-order valence-electron chi connectivity index (χ2n) is 6.49. The number of para-hydroxylation sites is 1. The van der Waals surface area contributed by atoms with Gasteiger partial charge in [0.05, 0.1) is 24.4 Å². The van der Waals surface area contributed by atoms with Crippen molar-refractivity contribution in [2.24, 2.45) is 0 Å². The summed E-state index contributed by atoms with van der Waals surface area (Å²) in [4.78, 5) is 23.7. The van der Waals surface area contributed by atoms with Crippen LogP contribution in [-0.4, -0.2) is 45.0 Å². The van der Waals surface area contributed by atoms with Crippen LogP contribution in [-0.2, 0) is 11.3 Å². The van der Waals surface area contributed by atoms with Crippen LogP contribution in [0.4, 0.5) is 0 Å². The molecule has 0 aliphatic carbocycles. The van der Waals surface area contributed by atoms with Gasteiger partial charge in [0, 0.05) is 36.4 Å². The van der Waals surface area contributed by atoms with Crippen LogP contribution in [0.15, 0.2) is 42.7 Å². The van der Waals surface area contributed by atoms with E-state index in [1.807, 2.05) is 42.3 Å². The fraction of sp³-hybridized carbons (Fsp3) is 0.350. The summed E-state index contributed by atoms with van der Waals surface area (Å²) >= 11 is 0. The first-order chi connectivity index (χ1) is 12.7. The molecule has 0 bridgehead atoms. The highest BCUT2D eigenvalue weighted by Crippen LogP contribution is 2.26. The van der Waals surface area contributed by atoms with Gasteiger partial charge in [0.1, 0.15) is 11.9 Å². The maximum atomic E-state index is 13.2. The molecule has 1 aromatic carbocycles. The molecule has 134 valence electrons. The van der Waals surface area contributed by atoms with Gasteiger partial charge >= 0.3 is 0 Å². The van der Waals surface area contributed by atoms with Crippen molar-refractivity contribution in [2.45, 2.75) is 26.5 Å². The number of carbonyl (C=O) groups excluding carboxylic acids is 1. The molecule has 0 saturated carbocycles. The zero-order valence-electron chi connectivity index (χ0n) is 15.1. The SMILES string of the molecule is CCn1cc(C(=O)N2CCOC(c3ccnc(C)n3)C2)c2ccccc21. The maximum absolute atomic E-state index is 13.2. The van der Waals surface area contributed by atoms with Crippen LogP contribution in [0.1, 0.15) is 34.9 Å². The predicted octanol–water partition coefficient (Wildman–Crippen LogP) is 2.97. The van der Waals surface area contributed by atoms with E-state index in [4.69, 9.17) is 4.74 Å². The number of nitrogens with zero attached hydrogens (tertiary/aromatic N) is 4. The van der Waals surface area contributed by atoms with E-state index >= 15 is 0 Å². The summed E-state index contributed by atoms with van der Waals surface area (Å²) in [5, 5.41) is 1.00. The van der Waals surface area contributed by atoms with Gasteiger partial charge in [-0.3, -0.25) is 4.79 Å². The van der Waals surface area contributed by atoms with Crippen molar-refractivity contribution in [3.8, 4) is 0 Å². The summed E-state index contributed by atoms with van der Waals surface area (Å²) in [6.45, 7) is 6.37. The topological polar surface area (TPSA) is 60.2 Å². The summed E-state index contributed by atoms with van der Waals surface area (Å²) in [5.41, 5.74) is 2.67. The molecule has 1 fully saturated rings. The van der Waals surface area contributed by atoms with Gasteiger partial charge in [-0.25, -0.2) is 9.97 Å². The van der Waals surface area contributed by atoms with Crippen molar-refractivity contribution in [2.75, 3.05) is 19.7 Å². The number of hydrogen-bond acceptors (Lipinski definition) is 4. The third-order valence-corrected chi connectivity index (χ3v) is 4.84. The lowest BCUT2D eigenvalue weighted by atomic mass is 10.1. The molecule has 6 heteroatoms.